The van der Waals surface area contributed by atoms with Crippen LogP contribution in [0.5, 0.6) is 0 Å². The van der Waals surface area contributed by atoms with E-state index in [9.17, 15) is 8.42 Å². The maximum atomic E-state index is 12.0. The third-order valence-electron chi connectivity index (χ3n) is 3.00. The third-order valence-corrected chi connectivity index (χ3v) is 4.82. The van der Waals surface area contributed by atoms with Crippen molar-refractivity contribution in [2.24, 2.45) is 11.7 Å². The number of hydrogen-bond acceptors (Lipinski definition) is 4. The molecule has 6 heteroatoms. The maximum absolute atomic E-state index is 12.0. The monoisotopic (exact) mass is 250 g/mol. The normalized spacial score (nSPS) is 28.2. The number of hydrogen-bond donors (Lipinski definition) is 1. The van der Waals surface area contributed by atoms with Gasteiger partial charge in [-0.3, -0.25) is 0 Å². The Balaban J connectivity index is 2.59. The van der Waals surface area contributed by atoms with Crippen LogP contribution in [0.3, 0.4) is 0 Å². The minimum absolute atomic E-state index is 0.0290. The highest BCUT2D eigenvalue weighted by Crippen LogP contribution is 2.22. The summed E-state index contributed by atoms with van der Waals surface area (Å²) in [7, 11) is -3.25. The van der Waals surface area contributed by atoms with Crippen LogP contribution in [0.25, 0.3) is 0 Å². The SMILES string of the molecule is CCOCCS(=O)(=O)N1CCCC(C)C1N. The fraction of sp³-hybridized carbons (Fsp3) is 1.00. The van der Waals surface area contributed by atoms with Gasteiger partial charge in [-0.1, -0.05) is 6.92 Å². The van der Waals surface area contributed by atoms with Crippen molar-refractivity contribution < 1.29 is 13.2 Å². The lowest BCUT2D eigenvalue weighted by molar-refractivity contribution is 0.157. The highest BCUT2D eigenvalue weighted by atomic mass is 32.2. The number of piperidine rings is 1. The Hall–Kier alpha value is -0.170. The molecular weight excluding hydrogens is 228 g/mol. The van der Waals surface area contributed by atoms with E-state index in [1.165, 1.54) is 4.31 Å². The number of rotatable bonds is 5. The molecule has 2 unspecified atom stereocenters. The third kappa shape index (κ3) is 3.41. The molecule has 0 saturated carbocycles. The Kier molecular flexibility index (Phi) is 5.17. The summed E-state index contributed by atoms with van der Waals surface area (Å²) in [5.41, 5.74) is 5.92. The van der Waals surface area contributed by atoms with E-state index in [1.54, 1.807) is 0 Å². The molecule has 1 aliphatic rings. The second-order valence-corrected chi connectivity index (χ2v) is 6.27. The molecule has 0 aliphatic carbocycles. The average Bonchev–Trinajstić information content (AvgIpc) is 2.22. The van der Waals surface area contributed by atoms with Gasteiger partial charge in [0.15, 0.2) is 0 Å². The van der Waals surface area contributed by atoms with Gasteiger partial charge in [-0.15, -0.1) is 0 Å². The van der Waals surface area contributed by atoms with E-state index in [1.807, 2.05) is 13.8 Å². The maximum Gasteiger partial charge on any atom is 0.217 e. The Morgan fingerprint density at radius 3 is 2.81 bits per heavy atom. The zero-order valence-corrected chi connectivity index (χ0v) is 10.9. The van der Waals surface area contributed by atoms with Crippen LogP contribution in [0.1, 0.15) is 26.7 Å². The fourth-order valence-electron chi connectivity index (χ4n) is 1.92. The molecule has 0 aromatic heterocycles. The zero-order chi connectivity index (χ0) is 12.2. The van der Waals surface area contributed by atoms with Gasteiger partial charge in [0.25, 0.3) is 0 Å². The van der Waals surface area contributed by atoms with Crippen molar-refractivity contribution >= 4 is 10.0 Å². The second kappa shape index (κ2) is 5.95. The molecule has 5 nitrogen and oxygen atoms in total. The van der Waals surface area contributed by atoms with Crippen LogP contribution in [-0.2, 0) is 14.8 Å². The second-order valence-electron chi connectivity index (χ2n) is 4.23. The molecule has 0 amide bonds. The van der Waals surface area contributed by atoms with Crippen LogP contribution in [0.2, 0.25) is 0 Å². The van der Waals surface area contributed by atoms with E-state index in [0.29, 0.717) is 13.2 Å². The van der Waals surface area contributed by atoms with Gasteiger partial charge in [-0.2, -0.15) is 4.31 Å². The van der Waals surface area contributed by atoms with Crippen LogP contribution < -0.4 is 5.73 Å². The molecule has 0 aromatic carbocycles. The lowest BCUT2D eigenvalue weighted by Gasteiger charge is -2.36. The van der Waals surface area contributed by atoms with Crippen LogP contribution in [0.4, 0.5) is 0 Å². The molecule has 0 radical (unpaired) electrons. The molecule has 0 bridgehead atoms. The molecule has 16 heavy (non-hydrogen) atoms. The molecule has 0 aromatic rings. The molecule has 1 saturated heterocycles. The number of nitrogens with zero attached hydrogens (tertiary/aromatic N) is 1. The lowest BCUT2D eigenvalue weighted by Crippen LogP contribution is -2.53. The number of sulfonamides is 1. The van der Waals surface area contributed by atoms with Crippen LogP contribution in [-0.4, -0.2) is 44.4 Å². The van der Waals surface area contributed by atoms with E-state index < -0.39 is 10.0 Å². The largest absolute Gasteiger partial charge is 0.381 e. The van der Waals surface area contributed by atoms with Gasteiger partial charge < -0.3 is 10.5 Å². The summed E-state index contributed by atoms with van der Waals surface area (Å²) in [5.74, 6) is 0.261. The Morgan fingerprint density at radius 2 is 2.19 bits per heavy atom. The number of nitrogens with two attached hydrogens (primary N) is 1. The van der Waals surface area contributed by atoms with E-state index in [0.717, 1.165) is 12.8 Å². The van der Waals surface area contributed by atoms with Gasteiger partial charge in [0.05, 0.1) is 18.5 Å². The molecule has 1 heterocycles. The molecule has 1 aliphatic heterocycles. The Bertz CT molecular complexity index is 305. The van der Waals surface area contributed by atoms with E-state index in [4.69, 9.17) is 10.5 Å². The van der Waals surface area contributed by atoms with Gasteiger partial charge in [0, 0.05) is 13.2 Å². The molecule has 2 N–H and O–H groups in total. The molecule has 0 spiro atoms. The van der Waals surface area contributed by atoms with Crippen LogP contribution in [0, 0.1) is 5.92 Å². The molecular formula is C10H22N2O3S. The Morgan fingerprint density at radius 1 is 1.50 bits per heavy atom. The highest BCUT2D eigenvalue weighted by molar-refractivity contribution is 7.89. The predicted molar refractivity (Wildman–Crippen MR) is 63.4 cm³/mol. The minimum Gasteiger partial charge on any atom is -0.381 e. The summed E-state index contributed by atoms with van der Waals surface area (Å²) in [6.07, 6.45) is 1.52. The van der Waals surface area contributed by atoms with Crippen molar-refractivity contribution in [1.29, 1.82) is 0 Å². The highest BCUT2D eigenvalue weighted by Gasteiger charge is 2.33. The predicted octanol–water partition coefficient (Wildman–Crippen LogP) is 0.369. The van der Waals surface area contributed by atoms with Crippen LogP contribution >= 0.6 is 0 Å². The molecule has 1 fully saturated rings. The van der Waals surface area contributed by atoms with Gasteiger partial charge in [-0.25, -0.2) is 8.42 Å². The summed E-state index contributed by atoms with van der Waals surface area (Å²) in [6.45, 7) is 5.17. The van der Waals surface area contributed by atoms with Crippen molar-refractivity contribution in [3.63, 3.8) is 0 Å². The van der Waals surface area contributed by atoms with E-state index in [-0.39, 0.29) is 24.4 Å². The van der Waals surface area contributed by atoms with E-state index in [2.05, 4.69) is 0 Å². The minimum atomic E-state index is -3.25. The van der Waals surface area contributed by atoms with Crippen molar-refractivity contribution in [2.45, 2.75) is 32.9 Å². The van der Waals surface area contributed by atoms with Crippen LogP contribution in [0.15, 0.2) is 0 Å². The van der Waals surface area contributed by atoms with E-state index >= 15 is 0 Å². The molecule has 1 rings (SSSR count). The first-order valence-corrected chi connectivity index (χ1v) is 7.42. The molecule has 2 atom stereocenters. The summed E-state index contributed by atoms with van der Waals surface area (Å²) in [6, 6.07) is 0. The van der Waals surface area contributed by atoms with Crippen molar-refractivity contribution in [3.8, 4) is 0 Å². The van der Waals surface area contributed by atoms with Gasteiger partial charge >= 0.3 is 0 Å². The summed E-state index contributed by atoms with van der Waals surface area (Å²) in [5, 5.41) is 0. The zero-order valence-electron chi connectivity index (χ0n) is 10.1. The van der Waals surface area contributed by atoms with Gasteiger partial charge in [0.1, 0.15) is 0 Å². The first-order valence-electron chi connectivity index (χ1n) is 5.82. The van der Waals surface area contributed by atoms with Crippen molar-refractivity contribution in [1.82, 2.24) is 4.31 Å². The summed E-state index contributed by atoms with van der Waals surface area (Å²) in [4.78, 5) is 0. The lowest BCUT2D eigenvalue weighted by atomic mass is 9.99. The first kappa shape index (κ1) is 13.9. The summed E-state index contributed by atoms with van der Waals surface area (Å²) < 4.78 is 30.5. The number of ether oxygens (including phenoxy) is 1. The van der Waals surface area contributed by atoms with Gasteiger partial charge in [-0.05, 0) is 25.7 Å². The molecule has 96 valence electrons. The fourth-order valence-corrected chi connectivity index (χ4v) is 3.47. The average molecular weight is 250 g/mol. The quantitative estimate of drug-likeness (QED) is 0.716. The van der Waals surface area contributed by atoms with Crippen molar-refractivity contribution in [2.75, 3.05) is 25.5 Å². The smallest absolute Gasteiger partial charge is 0.217 e. The summed E-state index contributed by atoms with van der Waals surface area (Å²) >= 11 is 0. The Labute approximate surface area is 98.0 Å². The van der Waals surface area contributed by atoms with Gasteiger partial charge in [0.2, 0.25) is 10.0 Å². The first-order chi connectivity index (χ1) is 7.49. The van der Waals surface area contributed by atoms with Crippen molar-refractivity contribution in [3.05, 3.63) is 0 Å². The standard InChI is InChI=1S/C10H22N2O3S/c1-3-15-7-8-16(13,14)12-6-4-5-9(2)10(12)11/h9-10H,3-8,11H2,1-2H3. The topological polar surface area (TPSA) is 72.6 Å².